The summed E-state index contributed by atoms with van der Waals surface area (Å²) in [6, 6.07) is 15.7. The van der Waals surface area contributed by atoms with Crippen molar-refractivity contribution in [1.29, 1.82) is 5.26 Å². The van der Waals surface area contributed by atoms with Crippen molar-refractivity contribution in [1.82, 2.24) is 4.57 Å². The van der Waals surface area contributed by atoms with E-state index in [9.17, 15) is 13.7 Å². The highest BCUT2D eigenvalue weighted by Crippen LogP contribution is 2.31. The minimum atomic E-state index is -3.91. The highest BCUT2D eigenvalue weighted by molar-refractivity contribution is 7.95. The van der Waals surface area contributed by atoms with Crippen LogP contribution in [0.15, 0.2) is 64.5 Å². The average molecular weight is 406 g/mol. The van der Waals surface area contributed by atoms with E-state index in [1.165, 1.54) is 56.0 Å². The molecule has 0 aliphatic heterocycles. The standard InChI is InChI=1S/C23H23N3O2S/c24-14-21(29(27,28)20-11-9-19(25)10-12-20)13-18-16-26(15-17-5-1-2-6-17)23-8-4-3-7-22(18)23/h3-4,7-13,16-17H,1-2,5-6,15,25H2/b21-13+. The largest absolute Gasteiger partial charge is 0.399 e. The van der Waals surface area contributed by atoms with Crippen LogP contribution in [0.25, 0.3) is 17.0 Å². The molecule has 1 aromatic heterocycles. The summed E-state index contributed by atoms with van der Waals surface area (Å²) < 4.78 is 28.1. The van der Waals surface area contributed by atoms with Gasteiger partial charge in [0.05, 0.1) is 4.90 Å². The number of rotatable bonds is 5. The van der Waals surface area contributed by atoms with Crippen LogP contribution < -0.4 is 5.73 Å². The molecule has 1 heterocycles. The lowest BCUT2D eigenvalue weighted by atomic mass is 10.1. The third-order valence-corrected chi connectivity index (χ3v) is 7.31. The maximum Gasteiger partial charge on any atom is 0.216 e. The van der Waals surface area contributed by atoms with Crippen molar-refractivity contribution in [3.63, 3.8) is 0 Å². The van der Waals surface area contributed by atoms with Gasteiger partial charge in [0.2, 0.25) is 9.84 Å². The molecule has 4 rings (SSSR count). The molecule has 3 aromatic rings. The molecule has 1 fully saturated rings. The number of sulfone groups is 1. The fourth-order valence-corrected chi connectivity index (χ4v) is 5.25. The molecule has 0 spiro atoms. The van der Waals surface area contributed by atoms with Crippen molar-refractivity contribution in [2.75, 3.05) is 5.73 Å². The second-order valence-electron chi connectivity index (χ2n) is 7.60. The highest BCUT2D eigenvalue weighted by Gasteiger charge is 2.22. The quantitative estimate of drug-likeness (QED) is 0.490. The van der Waals surface area contributed by atoms with Crippen molar-refractivity contribution in [3.8, 4) is 6.07 Å². The molecule has 1 aliphatic rings. The van der Waals surface area contributed by atoms with E-state index in [1.54, 1.807) is 0 Å². The molecule has 0 bridgehead atoms. The fraction of sp³-hybridized carbons (Fsp3) is 0.261. The molecule has 0 radical (unpaired) electrons. The van der Waals surface area contributed by atoms with E-state index < -0.39 is 9.84 Å². The second kappa shape index (κ2) is 7.76. The van der Waals surface area contributed by atoms with Crippen LogP contribution in [0.5, 0.6) is 0 Å². The molecule has 29 heavy (non-hydrogen) atoms. The summed E-state index contributed by atoms with van der Waals surface area (Å²) in [4.78, 5) is -0.208. The number of para-hydroxylation sites is 1. The number of hydrogen-bond donors (Lipinski definition) is 1. The first-order chi connectivity index (χ1) is 14.0. The van der Waals surface area contributed by atoms with Crippen LogP contribution in [0, 0.1) is 17.2 Å². The number of nitrogen functional groups attached to an aromatic ring is 1. The minimum absolute atomic E-state index is 0.0641. The average Bonchev–Trinajstić information content (AvgIpc) is 3.35. The zero-order chi connectivity index (χ0) is 20.4. The van der Waals surface area contributed by atoms with Gasteiger partial charge in [-0.1, -0.05) is 31.0 Å². The van der Waals surface area contributed by atoms with E-state index in [4.69, 9.17) is 5.73 Å². The zero-order valence-electron chi connectivity index (χ0n) is 16.1. The van der Waals surface area contributed by atoms with Gasteiger partial charge in [-0.05, 0) is 55.2 Å². The van der Waals surface area contributed by atoms with Crippen molar-refractivity contribution in [3.05, 3.63) is 65.2 Å². The number of benzene rings is 2. The summed E-state index contributed by atoms with van der Waals surface area (Å²) in [5.41, 5.74) is 7.94. The summed E-state index contributed by atoms with van der Waals surface area (Å²) in [5.74, 6) is 0.650. The number of anilines is 1. The molecular weight excluding hydrogens is 382 g/mol. The molecule has 0 amide bonds. The second-order valence-corrected chi connectivity index (χ2v) is 9.52. The summed E-state index contributed by atoms with van der Waals surface area (Å²) in [5, 5.41) is 10.6. The van der Waals surface area contributed by atoms with Crippen LogP contribution in [0.1, 0.15) is 31.2 Å². The van der Waals surface area contributed by atoms with Gasteiger partial charge in [0.25, 0.3) is 0 Å². The molecule has 148 valence electrons. The van der Waals surface area contributed by atoms with Gasteiger partial charge in [0, 0.05) is 34.9 Å². The molecule has 0 unspecified atom stereocenters. The van der Waals surface area contributed by atoms with Crippen molar-refractivity contribution in [2.45, 2.75) is 37.1 Å². The number of hydrogen-bond acceptors (Lipinski definition) is 4. The van der Waals surface area contributed by atoms with Gasteiger partial charge in [-0.2, -0.15) is 5.26 Å². The lowest BCUT2D eigenvalue weighted by molar-refractivity contribution is 0.466. The molecule has 0 atom stereocenters. The Morgan fingerprint density at radius 3 is 2.52 bits per heavy atom. The summed E-state index contributed by atoms with van der Waals surface area (Å²) >= 11 is 0. The van der Waals surface area contributed by atoms with Gasteiger partial charge in [-0.15, -0.1) is 0 Å². The van der Waals surface area contributed by atoms with E-state index in [0.717, 1.165) is 23.0 Å². The highest BCUT2D eigenvalue weighted by atomic mass is 32.2. The first kappa shape index (κ1) is 19.3. The smallest absolute Gasteiger partial charge is 0.216 e. The van der Waals surface area contributed by atoms with Crippen LogP contribution in [-0.2, 0) is 16.4 Å². The monoisotopic (exact) mass is 405 g/mol. The third kappa shape index (κ3) is 3.79. The Hall–Kier alpha value is -3.04. The van der Waals surface area contributed by atoms with Crippen molar-refractivity contribution in [2.24, 2.45) is 5.92 Å². The lowest BCUT2D eigenvalue weighted by Crippen LogP contribution is -2.06. The molecule has 1 aliphatic carbocycles. The molecule has 1 saturated carbocycles. The fourth-order valence-electron chi connectivity index (χ4n) is 4.10. The number of fused-ring (bicyclic) bond motifs is 1. The maximum atomic E-state index is 13.0. The van der Waals surface area contributed by atoms with E-state index >= 15 is 0 Å². The molecule has 2 aromatic carbocycles. The Bertz CT molecular complexity index is 1210. The lowest BCUT2D eigenvalue weighted by Gasteiger charge is -2.11. The van der Waals surface area contributed by atoms with Crippen LogP contribution in [0.2, 0.25) is 0 Å². The molecule has 0 saturated heterocycles. The third-order valence-electron chi connectivity index (χ3n) is 5.63. The van der Waals surface area contributed by atoms with Crippen LogP contribution in [0.3, 0.4) is 0 Å². The van der Waals surface area contributed by atoms with E-state index in [1.807, 2.05) is 36.5 Å². The van der Waals surface area contributed by atoms with E-state index in [-0.39, 0.29) is 9.80 Å². The van der Waals surface area contributed by atoms with E-state index in [0.29, 0.717) is 11.6 Å². The number of aromatic nitrogens is 1. The minimum Gasteiger partial charge on any atom is -0.399 e. The Kier molecular flexibility index (Phi) is 5.16. The normalized spacial score (nSPS) is 15.6. The van der Waals surface area contributed by atoms with Crippen LogP contribution >= 0.6 is 0 Å². The molecule has 2 N–H and O–H groups in total. The molecular formula is C23H23N3O2S. The predicted molar refractivity (Wildman–Crippen MR) is 116 cm³/mol. The first-order valence-electron chi connectivity index (χ1n) is 9.79. The predicted octanol–water partition coefficient (Wildman–Crippen LogP) is 4.75. The van der Waals surface area contributed by atoms with Gasteiger partial charge in [0.1, 0.15) is 11.0 Å². The van der Waals surface area contributed by atoms with Gasteiger partial charge in [0.15, 0.2) is 0 Å². The van der Waals surface area contributed by atoms with Gasteiger partial charge in [-0.25, -0.2) is 8.42 Å². The Morgan fingerprint density at radius 2 is 1.83 bits per heavy atom. The number of allylic oxidation sites excluding steroid dienone is 1. The zero-order valence-corrected chi connectivity index (χ0v) is 16.9. The number of nitrogens with zero attached hydrogens (tertiary/aromatic N) is 2. The van der Waals surface area contributed by atoms with Crippen molar-refractivity contribution < 1.29 is 8.42 Å². The summed E-state index contributed by atoms with van der Waals surface area (Å²) in [6.45, 7) is 0.918. The molecule has 5 nitrogen and oxygen atoms in total. The summed E-state index contributed by atoms with van der Waals surface area (Å²) in [7, 11) is -3.91. The summed E-state index contributed by atoms with van der Waals surface area (Å²) in [6.07, 6.45) is 8.46. The first-order valence-corrected chi connectivity index (χ1v) is 11.3. The number of nitriles is 1. The van der Waals surface area contributed by atoms with Crippen molar-refractivity contribution >= 4 is 32.5 Å². The molecule has 6 heteroatoms. The topological polar surface area (TPSA) is 88.9 Å². The maximum absolute atomic E-state index is 13.0. The van der Waals surface area contributed by atoms with Gasteiger partial charge >= 0.3 is 0 Å². The van der Waals surface area contributed by atoms with Gasteiger partial charge in [-0.3, -0.25) is 0 Å². The Morgan fingerprint density at radius 1 is 1.14 bits per heavy atom. The number of nitrogens with two attached hydrogens (primary N) is 1. The van der Waals surface area contributed by atoms with E-state index in [2.05, 4.69) is 4.57 Å². The van der Waals surface area contributed by atoms with Gasteiger partial charge < -0.3 is 10.3 Å². The Balaban J connectivity index is 1.77. The SMILES string of the molecule is N#C/C(=C\c1cn(CC2CCCC2)c2ccccc12)S(=O)(=O)c1ccc(N)cc1. The van der Waals surface area contributed by atoms with Crippen LogP contribution in [0.4, 0.5) is 5.69 Å². The Labute approximate surface area is 171 Å². The van der Waals surface area contributed by atoms with Crippen LogP contribution in [-0.4, -0.2) is 13.0 Å².